The molecule has 1 saturated carbocycles. The topological polar surface area (TPSA) is 49.5 Å². The predicted molar refractivity (Wildman–Crippen MR) is 47.8 cm³/mol. The van der Waals surface area contributed by atoms with Crippen molar-refractivity contribution in [2.75, 3.05) is 19.6 Å². The van der Waals surface area contributed by atoms with Gasteiger partial charge in [-0.15, -0.1) is 0 Å². The summed E-state index contributed by atoms with van der Waals surface area (Å²) in [7, 11) is 0. The standard InChI is InChI=1S/C9H18N2O/c10-8-2-3-9(12,6-8)7-11-4-1-5-11/h8,12H,1-7,10H2. The van der Waals surface area contributed by atoms with Crippen molar-refractivity contribution in [3.05, 3.63) is 0 Å². The molecule has 2 aliphatic rings. The molecule has 3 N–H and O–H groups in total. The van der Waals surface area contributed by atoms with E-state index in [2.05, 4.69) is 4.90 Å². The van der Waals surface area contributed by atoms with Crippen LogP contribution in [0.5, 0.6) is 0 Å². The lowest BCUT2D eigenvalue weighted by atomic mass is 9.99. The van der Waals surface area contributed by atoms with E-state index in [1.165, 1.54) is 6.42 Å². The van der Waals surface area contributed by atoms with Gasteiger partial charge in [-0.3, -0.25) is 0 Å². The molecule has 0 amide bonds. The summed E-state index contributed by atoms with van der Waals surface area (Å²) in [6, 6.07) is 0.233. The van der Waals surface area contributed by atoms with Crippen LogP contribution in [0.3, 0.4) is 0 Å². The van der Waals surface area contributed by atoms with E-state index in [0.29, 0.717) is 0 Å². The van der Waals surface area contributed by atoms with Crippen molar-refractivity contribution < 1.29 is 5.11 Å². The van der Waals surface area contributed by atoms with E-state index in [1.807, 2.05) is 0 Å². The van der Waals surface area contributed by atoms with Gasteiger partial charge in [0.25, 0.3) is 0 Å². The van der Waals surface area contributed by atoms with Crippen LogP contribution >= 0.6 is 0 Å². The molecule has 0 radical (unpaired) electrons. The molecule has 1 aliphatic heterocycles. The van der Waals surface area contributed by atoms with Gasteiger partial charge in [0.05, 0.1) is 5.60 Å². The number of aliphatic hydroxyl groups is 1. The SMILES string of the molecule is NC1CCC(O)(CN2CCC2)C1. The highest BCUT2D eigenvalue weighted by Crippen LogP contribution is 2.30. The Bertz CT molecular complexity index is 170. The average Bonchev–Trinajstić information content (AvgIpc) is 2.24. The number of rotatable bonds is 2. The van der Waals surface area contributed by atoms with Crippen LogP contribution in [0.4, 0.5) is 0 Å². The van der Waals surface area contributed by atoms with Gasteiger partial charge in [-0.05, 0) is 38.8 Å². The normalized spacial score (nSPS) is 43.0. The van der Waals surface area contributed by atoms with Crippen molar-refractivity contribution in [1.29, 1.82) is 0 Å². The Balaban J connectivity index is 1.84. The van der Waals surface area contributed by atoms with Gasteiger partial charge >= 0.3 is 0 Å². The maximum absolute atomic E-state index is 10.1. The van der Waals surface area contributed by atoms with E-state index >= 15 is 0 Å². The van der Waals surface area contributed by atoms with Gasteiger partial charge in [-0.2, -0.15) is 0 Å². The molecule has 0 bridgehead atoms. The van der Waals surface area contributed by atoms with Gasteiger partial charge in [-0.1, -0.05) is 0 Å². The third-order valence-electron chi connectivity index (χ3n) is 3.09. The summed E-state index contributed by atoms with van der Waals surface area (Å²) in [5.41, 5.74) is 5.31. The summed E-state index contributed by atoms with van der Waals surface area (Å²) < 4.78 is 0. The van der Waals surface area contributed by atoms with Crippen molar-refractivity contribution in [2.24, 2.45) is 5.73 Å². The highest BCUT2D eigenvalue weighted by Gasteiger charge is 2.37. The van der Waals surface area contributed by atoms with Crippen LogP contribution in [0.1, 0.15) is 25.7 Å². The average molecular weight is 170 g/mol. The van der Waals surface area contributed by atoms with Gasteiger partial charge in [0.1, 0.15) is 0 Å². The minimum Gasteiger partial charge on any atom is -0.388 e. The Morgan fingerprint density at radius 2 is 2.25 bits per heavy atom. The van der Waals surface area contributed by atoms with Crippen LogP contribution in [0, 0.1) is 0 Å². The zero-order chi connectivity index (χ0) is 8.60. The first-order chi connectivity index (χ1) is 5.68. The number of hydrogen-bond acceptors (Lipinski definition) is 3. The van der Waals surface area contributed by atoms with Crippen LogP contribution in [-0.2, 0) is 0 Å². The van der Waals surface area contributed by atoms with E-state index in [9.17, 15) is 5.11 Å². The maximum Gasteiger partial charge on any atom is 0.0789 e. The minimum atomic E-state index is -0.458. The van der Waals surface area contributed by atoms with Crippen molar-refractivity contribution >= 4 is 0 Å². The molecule has 2 atom stereocenters. The lowest BCUT2D eigenvalue weighted by Crippen LogP contribution is -2.48. The highest BCUT2D eigenvalue weighted by molar-refractivity contribution is 4.94. The summed E-state index contributed by atoms with van der Waals surface area (Å²) in [6.07, 6.45) is 3.97. The van der Waals surface area contributed by atoms with E-state index in [-0.39, 0.29) is 6.04 Å². The summed E-state index contributed by atoms with van der Waals surface area (Å²) in [4.78, 5) is 2.32. The smallest absolute Gasteiger partial charge is 0.0789 e. The molecular weight excluding hydrogens is 152 g/mol. The second kappa shape index (κ2) is 2.98. The van der Waals surface area contributed by atoms with E-state index < -0.39 is 5.60 Å². The van der Waals surface area contributed by atoms with Crippen molar-refractivity contribution in [1.82, 2.24) is 4.90 Å². The van der Waals surface area contributed by atoms with E-state index in [1.54, 1.807) is 0 Å². The molecule has 2 rings (SSSR count). The van der Waals surface area contributed by atoms with E-state index in [0.717, 1.165) is 38.9 Å². The van der Waals surface area contributed by atoms with Crippen molar-refractivity contribution in [3.8, 4) is 0 Å². The largest absolute Gasteiger partial charge is 0.388 e. The quantitative estimate of drug-likeness (QED) is 0.610. The fourth-order valence-electron chi connectivity index (χ4n) is 2.25. The first-order valence-electron chi connectivity index (χ1n) is 4.88. The Hall–Kier alpha value is -0.120. The number of hydrogen-bond donors (Lipinski definition) is 2. The van der Waals surface area contributed by atoms with E-state index in [4.69, 9.17) is 5.73 Å². The first-order valence-corrected chi connectivity index (χ1v) is 4.88. The third-order valence-corrected chi connectivity index (χ3v) is 3.09. The third kappa shape index (κ3) is 1.63. The molecule has 0 aromatic heterocycles. The fourth-order valence-corrected chi connectivity index (χ4v) is 2.25. The molecule has 1 heterocycles. The lowest BCUT2D eigenvalue weighted by molar-refractivity contribution is -0.00874. The second-order valence-corrected chi connectivity index (χ2v) is 4.36. The van der Waals surface area contributed by atoms with Gasteiger partial charge in [0.15, 0.2) is 0 Å². The van der Waals surface area contributed by atoms with Crippen molar-refractivity contribution in [2.45, 2.75) is 37.3 Å². The number of β-amino-alcohol motifs (C(OH)–C–C–N with tert-alkyl or cyclic N) is 1. The first kappa shape index (κ1) is 8.48. The van der Waals surface area contributed by atoms with Crippen LogP contribution in [0.2, 0.25) is 0 Å². The molecule has 1 saturated heterocycles. The molecule has 0 aromatic carbocycles. The summed E-state index contributed by atoms with van der Waals surface area (Å²) in [6.45, 7) is 3.18. The molecule has 0 aromatic rings. The van der Waals surface area contributed by atoms with Crippen LogP contribution in [-0.4, -0.2) is 41.3 Å². The molecule has 3 heteroatoms. The van der Waals surface area contributed by atoms with Crippen molar-refractivity contribution in [3.63, 3.8) is 0 Å². The van der Waals surface area contributed by atoms with Gasteiger partial charge in [0.2, 0.25) is 0 Å². The molecule has 70 valence electrons. The van der Waals surface area contributed by atoms with Crippen LogP contribution < -0.4 is 5.73 Å². The van der Waals surface area contributed by atoms with Gasteiger partial charge in [0, 0.05) is 12.6 Å². The molecular formula is C9H18N2O. The highest BCUT2D eigenvalue weighted by atomic mass is 16.3. The Morgan fingerprint density at radius 1 is 1.50 bits per heavy atom. The maximum atomic E-state index is 10.1. The monoisotopic (exact) mass is 170 g/mol. The number of nitrogens with two attached hydrogens (primary N) is 1. The Labute approximate surface area is 73.5 Å². The summed E-state index contributed by atoms with van der Waals surface area (Å²) >= 11 is 0. The fraction of sp³-hybridized carbons (Fsp3) is 1.00. The minimum absolute atomic E-state index is 0.233. The zero-order valence-corrected chi connectivity index (χ0v) is 7.50. The molecule has 1 aliphatic carbocycles. The Morgan fingerprint density at radius 3 is 2.67 bits per heavy atom. The number of nitrogens with zero attached hydrogens (tertiary/aromatic N) is 1. The van der Waals surface area contributed by atoms with Crippen LogP contribution in [0.25, 0.3) is 0 Å². The number of likely N-dealkylation sites (tertiary alicyclic amines) is 1. The summed E-state index contributed by atoms with van der Waals surface area (Å²) in [5.74, 6) is 0. The molecule has 0 spiro atoms. The lowest BCUT2D eigenvalue weighted by Gasteiger charge is -2.37. The zero-order valence-electron chi connectivity index (χ0n) is 7.50. The van der Waals surface area contributed by atoms with Crippen LogP contribution in [0.15, 0.2) is 0 Å². The van der Waals surface area contributed by atoms with Gasteiger partial charge in [-0.25, -0.2) is 0 Å². The second-order valence-electron chi connectivity index (χ2n) is 4.36. The Kier molecular flexibility index (Phi) is 2.10. The molecule has 3 nitrogen and oxygen atoms in total. The summed E-state index contributed by atoms with van der Waals surface area (Å²) in [5, 5.41) is 10.1. The molecule has 12 heavy (non-hydrogen) atoms. The molecule has 2 unspecified atom stereocenters. The predicted octanol–water partition coefficient (Wildman–Crippen LogP) is -0.0656. The molecule has 2 fully saturated rings. The van der Waals surface area contributed by atoms with Gasteiger partial charge < -0.3 is 15.7 Å².